The van der Waals surface area contributed by atoms with Gasteiger partial charge >= 0.3 is 21.7 Å². The molecule has 2 aromatic rings. The van der Waals surface area contributed by atoms with E-state index in [0.717, 1.165) is 6.42 Å². The molecule has 0 aromatic heterocycles. The van der Waals surface area contributed by atoms with Crippen LogP contribution in [-0.4, -0.2) is 0 Å². The van der Waals surface area contributed by atoms with Crippen LogP contribution in [0.1, 0.15) is 30.4 Å². The molecule has 0 aliphatic heterocycles. The molecule has 4 heteroatoms. The number of allylic oxidation sites excluding steroid dienone is 4. The molecule has 0 nitrogen and oxygen atoms in total. The molecular formula is C19H17Cl3Ti. The molecule has 0 saturated heterocycles. The molecule has 0 bridgehead atoms. The van der Waals surface area contributed by atoms with Gasteiger partial charge in [0.15, 0.2) is 0 Å². The summed E-state index contributed by atoms with van der Waals surface area (Å²) in [5.74, 6) is 0.355. The standard InChI is InChI=1S/C19H17.3ClH.Ti/c1-15-9-8-14-18(15)19(16-10-4-2-5-11-16)17-12-6-3-7-13-17;;;;/h2-8,10-13,19H,14H2,1H3;3*1H;/q-1;;;;+4/p-3. The van der Waals surface area contributed by atoms with Crippen molar-refractivity contribution in [1.82, 2.24) is 0 Å². The van der Waals surface area contributed by atoms with Gasteiger partial charge in [0.1, 0.15) is 0 Å². The molecule has 0 N–H and O–H groups in total. The summed E-state index contributed by atoms with van der Waals surface area (Å²) in [6.07, 6.45) is 6.50. The summed E-state index contributed by atoms with van der Waals surface area (Å²) in [5.41, 5.74) is 5.48. The van der Waals surface area contributed by atoms with Gasteiger partial charge in [0.05, 0.1) is 0 Å². The van der Waals surface area contributed by atoms with E-state index in [1.165, 1.54) is 22.3 Å². The molecule has 0 radical (unpaired) electrons. The minimum Gasteiger partial charge on any atom is -1.00 e. The molecule has 1 aliphatic carbocycles. The summed E-state index contributed by atoms with van der Waals surface area (Å²) in [6.45, 7) is 2.16. The summed E-state index contributed by atoms with van der Waals surface area (Å²) in [4.78, 5) is 0. The molecule has 0 unspecified atom stereocenters. The van der Waals surface area contributed by atoms with Crippen molar-refractivity contribution >= 4 is 0 Å². The van der Waals surface area contributed by atoms with Crippen LogP contribution in [-0.2, 0) is 21.7 Å². The van der Waals surface area contributed by atoms with Crippen molar-refractivity contribution in [3.8, 4) is 0 Å². The Morgan fingerprint density at radius 1 is 0.783 bits per heavy atom. The second kappa shape index (κ2) is 12.0. The molecular weight excluding hydrogens is 382 g/mol. The number of halogens is 3. The molecule has 3 rings (SSSR count). The fourth-order valence-electron chi connectivity index (χ4n) is 2.78. The molecule has 118 valence electrons. The van der Waals surface area contributed by atoms with Gasteiger partial charge in [-0.05, 0) is 5.92 Å². The number of hydrogen-bond acceptors (Lipinski definition) is 0. The van der Waals surface area contributed by atoms with Gasteiger partial charge in [0.25, 0.3) is 0 Å². The Morgan fingerprint density at radius 2 is 1.22 bits per heavy atom. The van der Waals surface area contributed by atoms with Gasteiger partial charge in [0.2, 0.25) is 0 Å². The molecule has 0 amide bonds. The van der Waals surface area contributed by atoms with Crippen molar-refractivity contribution < 1.29 is 58.9 Å². The first-order chi connectivity index (χ1) is 9.36. The molecule has 1 aliphatic rings. The van der Waals surface area contributed by atoms with Crippen molar-refractivity contribution in [1.29, 1.82) is 0 Å². The van der Waals surface area contributed by atoms with E-state index in [2.05, 4.69) is 79.7 Å². The molecule has 2 aromatic carbocycles. The Kier molecular flexibility index (Phi) is 12.9. The van der Waals surface area contributed by atoms with E-state index < -0.39 is 0 Å². The fourth-order valence-corrected chi connectivity index (χ4v) is 2.78. The zero-order valence-electron chi connectivity index (χ0n) is 12.8. The summed E-state index contributed by atoms with van der Waals surface area (Å²) in [5, 5.41) is 0. The Hall–Kier alpha value is -0.496. The van der Waals surface area contributed by atoms with E-state index in [1.54, 1.807) is 0 Å². The normalized spacial score (nSPS) is 11.9. The van der Waals surface area contributed by atoms with Gasteiger partial charge in [-0.2, -0.15) is 11.6 Å². The average Bonchev–Trinajstić information content (AvgIpc) is 2.88. The van der Waals surface area contributed by atoms with Gasteiger partial charge < -0.3 is 37.2 Å². The minimum atomic E-state index is 0. The van der Waals surface area contributed by atoms with Gasteiger partial charge in [-0.25, -0.2) is 5.57 Å². The Bertz CT molecular complexity index is 582. The maximum absolute atomic E-state index is 3.34. The topological polar surface area (TPSA) is 0 Å². The van der Waals surface area contributed by atoms with E-state index in [9.17, 15) is 0 Å². The smallest absolute Gasteiger partial charge is 1.00 e. The minimum absolute atomic E-state index is 0. The predicted molar refractivity (Wildman–Crippen MR) is 79.9 cm³/mol. The Balaban J connectivity index is 0. The van der Waals surface area contributed by atoms with Crippen LogP contribution in [0, 0.1) is 6.08 Å². The average molecular weight is 400 g/mol. The third-order valence-electron chi connectivity index (χ3n) is 3.74. The van der Waals surface area contributed by atoms with Gasteiger partial charge in [0, 0.05) is 0 Å². The van der Waals surface area contributed by atoms with Crippen LogP contribution in [0.2, 0.25) is 0 Å². The molecule has 0 heterocycles. The Labute approximate surface area is 172 Å². The maximum atomic E-state index is 3.34. The third kappa shape index (κ3) is 5.82. The monoisotopic (exact) mass is 398 g/mol. The molecule has 0 atom stereocenters. The summed E-state index contributed by atoms with van der Waals surface area (Å²) < 4.78 is 0. The quantitative estimate of drug-likeness (QED) is 0.364. The molecule has 0 spiro atoms. The van der Waals surface area contributed by atoms with Crippen LogP contribution in [0.3, 0.4) is 0 Å². The fraction of sp³-hybridized carbons (Fsp3) is 0.158. The van der Waals surface area contributed by atoms with Crippen LogP contribution in [0.25, 0.3) is 0 Å². The third-order valence-corrected chi connectivity index (χ3v) is 3.74. The Morgan fingerprint density at radius 3 is 1.57 bits per heavy atom. The second-order valence-corrected chi connectivity index (χ2v) is 4.96. The van der Waals surface area contributed by atoms with Crippen molar-refractivity contribution in [2.24, 2.45) is 0 Å². The zero-order chi connectivity index (χ0) is 13.1. The van der Waals surface area contributed by atoms with E-state index in [0.29, 0.717) is 5.92 Å². The number of benzene rings is 2. The molecule has 0 saturated carbocycles. The summed E-state index contributed by atoms with van der Waals surface area (Å²) in [7, 11) is 0. The van der Waals surface area contributed by atoms with Crippen LogP contribution >= 0.6 is 0 Å². The second-order valence-electron chi connectivity index (χ2n) is 4.96. The summed E-state index contributed by atoms with van der Waals surface area (Å²) >= 11 is 0. The predicted octanol–water partition coefficient (Wildman–Crippen LogP) is -4.09. The van der Waals surface area contributed by atoms with E-state index in [1.807, 2.05) is 0 Å². The SMILES string of the molecule is CC1=C(C(c2ccccc2)c2ccccc2)CC=[C-]1.[Cl-].[Cl-].[Cl-].[Ti+4]. The molecule has 23 heavy (non-hydrogen) atoms. The van der Waals surface area contributed by atoms with E-state index in [4.69, 9.17) is 0 Å². The van der Waals surface area contributed by atoms with Crippen molar-refractivity contribution in [3.63, 3.8) is 0 Å². The van der Waals surface area contributed by atoms with Gasteiger partial charge in [-0.3, -0.25) is 6.08 Å². The van der Waals surface area contributed by atoms with E-state index in [-0.39, 0.29) is 58.9 Å². The first-order valence-corrected chi connectivity index (χ1v) is 6.74. The maximum Gasteiger partial charge on any atom is 4.00 e. The van der Waals surface area contributed by atoms with Crippen molar-refractivity contribution in [2.75, 3.05) is 0 Å². The van der Waals surface area contributed by atoms with Crippen LogP contribution in [0.4, 0.5) is 0 Å². The number of rotatable bonds is 3. The molecule has 0 fully saturated rings. The van der Waals surface area contributed by atoms with Gasteiger partial charge in [-0.1, -0.05) is 85.1 Å². The zero-order valence-corrected chi connectivity index (χ0v) is 16.6. The van der Waals surface area contributed by atoms with Crippen molar-refractivity contribution in [3.05, 3.63) is 95.1 Å². The van der Waals surface area contributed by atoms with Gasteiger partial charge in [-0.15, -0.1) is 0 Å². The van der Waals surface area contributed by atoms with E-state index >= 15 is 0 Å². The summed E-state index contributed by atoms with van der Waals surface area (Å²) in [6, 6.07) is 21.5. The van der Waals surface area contributed by atoms with Crippen LogP contribution < -0.4 is 37.2 Å². The van der Waals surface area contributed by atoms with Crippen LogP contribution in [0.15, 0.2) is 77.9 Å². The first kappa shape index (κ1) is 24.8. The number of hydrogen-bond donors (Lipinski definition) is 0. The largest absolute Gasteiger partial charge is 4.00 e. The van der Waals surface area contributed by atoms with Crippen LogP contribution in [0.5, 0.6) is 0 Å². The first-order valence-electron chi connectivity index (χ1n) is 6.74. The van der Waals surface area contributed by atoms with Crippen molar-refractivity contribution in [2.45, 2.75) is 19.3 Å².